The zero-order valence-corrected chi connectivity index (χ0v) is 11.0. The van der Waals surface area contributed by atoms with Gasteiger partial charge in [-0.1, -0.05) is 0 Å². The Morgan fingerprint density at radius 3 is 3.13 bits per heavy atom. The Morgan fingerprint density at radius 2 is 2.47 bits per heavy atom. The second-order valence-electron chi connectivity index (χ2n) is 3.84. The van der Waals surface area contributed by atoms with Gasteiger partial charge >= 0.3 is 0 Å². The molecule has 0 saturated carbocycles. The lowest BCUT2D eigenvalue weighted by molar-refractivity contribution is 0.410. The first-order chi connectivity index (χ1) is 7.34. The number of hydrogen-bond donors (Lipinski definition) is 1. The van der Waals surface area contributed by atoms with Gasteiger partial charge in [0.25, 0.3) is 0 Å². The molecule has 0 radical (unpaired) electrons. The van der Waals surface area contributed by atoms with E-state index in [0.29, 0.717) is 0 Å². The number of rotatable bonds is 3. The van der Waals surface area contributed by atoms with Crippen molar-refractivity contribution in [2.24, 2.45) is 5.92 Å². The van der Waals surface area contributed by atoms with E-state index in [0.717, 1.165) is 15.4 Å². The number of nitrogens with zero attached hydrogens (tertiary/aromatic N) is 1. The molecule has 1 aliphatic rings. The fraction of sp³-hybridized carbons (Fsp3) is 0.545. The maximum absolute atomic E-state index is 4.36. The van der Waals surface area contributed by atoms with Crippen LogP contribution >= 0.6 is 27.7 Å². The average Bonchev–Trinajstić information content (AvgIpc) is 2.30. The van der Waals surface area contributed by atoms with Crippen molar-refractivity contribution in [1.29, 1.82) is 0 Å². The molecule has 2 nitrogen and oxygen atoms in total. The van der Waals surface area contributed by atoms with Crippen LogP contribution in [0, 0.1) is 5.92 Å². The first-order valence-corrected chi connectivity index (χ1v) is 7.07. The standard InChI is InChI=1S/C11H15BrN2S/c12-10-3-4-11(14-7-10)15-8-9-2-1-5-13-6-9/h3-4,7,9,13H,1-2,5-6,8H2. The van der Waals surface area contributed by atoms with Gasteiger partial charge in [-0.3, -0.25) is 0 Å². The van der Waals surface area contributed by atoms with Crippen molar-refractivity contribution in [3.8, 4) is 0 Å². The summed E-state index contributed by atoms with van der Waals surface area (Å²) < 4.78 is 1.05. The Balaban J connectivity index is 1.79. The Hall–Kier alpha value is -0.0600. The van der Waals surface area contributed by atoms with Crippen LogP contribution in [-0.4, -0.2) is 23.8 Å². The number of nitrogens with one attached hydrogen (secondary N) is 1. The van der Waals surface area contributed by atoms with Crippen LogP contribution < -0.4 is 5.32 Å². The fourth-order valence-corrected chi connectivity index (χ4v) is 2.93. The van der Waals surface area contributed by atoms with E-state index in [9.17, 15) is 0 Å². The van der Waals surface area contributed by atoms with E-state index in [1.807, 2.05) is 18.0 Å². The second kappa shape index (κ2) is 5.87. The van der Waals surface area contributed by atoms with Gasteiger partial charge in [-0.05, 0) is 59.9 Å². The van der Waals surface area contributed by atoms with Gasteiger partial charge in [-0.2, -0.15) is 0 Å². The smallest absolute Gasteiger partial charge is 0.0960 e. The maximum atomic E-state index is 4.36. The van der Waals surface area contributed by atoms with E-state index in [1.165, 1.54) is 31.7 Å². The molecule has 1 aromatic heterocycles. The summed E-state index contributed by atoms with van der Waals surface area (Å²) in [6.07, 6.45) is 4.54. The van der Waals surface area contributed by atoms with Crippen molar-refractivity contribution in [3.05, 3.63) is 22.8 Å². The predicted octanol–water partition coefficient (Wildman–Crippen LogP) is 2.94. The van der Waals surface area contributed by atoms with Crippen LogP contribution in [0.3, 0.4) is 0 Å². The number of halogens is 1. The molecule has 1 N–H and O–H groups in total. The summed E-state index contributed by atoms with van der Waals surface area (Å²) in [5, 5.41) is 4.57. The van der Waals surface area contributed by atoms with Crippen molar-refractivity contribution in [1.82, 2.24) is 10.3 Å². The summed E-state index contributed by atoms with van der Waals surface area (Å²) in [4.78, 5) is 4.36. The molecule has 1 fully saturated rings. The molecule has 0 bridgehead atoms. The molecule has 1 unspecified atom stereocenters. The first-order valence-electron chi connectivity index (χ1n) is 5.29. The zero-order chi connectivity index (χ0) is 10.5. The molecule has 0 amide bonds. The molecule has 1 aliphatic heterocycles. The Morgan fingerprint density at radius 1 is 1.53 bits per heavy atom. The lowest BCUT2D eigenvalue weighted by Crippen LogP contribution is -2.30. The van der Waals surface area contributed by atoms with E-state index in [-0.39, 0.29) is 0 Å². The van der Waals surface area contributed by atoms with Gasteiger partial charge in [0.05, 0.1) is 5.03 Å². The molecule has 1 saturated heterocycles. The number of aromatic nitrogens is 1. The lowest BCUT2D eigenvalue weighted by atomic mass is 10.0. The monoisotopic (exact) mass is 286 g/mol. The third-order valence-corrected chi connectivity index (χ3v) is 4.21. The number of hydrogen-bond acceptors (Lipinski definition) is 3. The van der Waals surface area contributed by atoms with E-state index >= 15 is 0 Å². The van der Waals surface area contributed by atoms with Gasteiger partial charge < -0.3 is 5.32 Å². The number of piperidine rings is 1. The summed E-state index contributed by atoms with van der Waals surface area (Å²) in [7, 11) is 0. The molecule has 15 heavy (non-hydrogen) atoms. The van der Waals surface area contributed by atoms with Crippen LogP contribution in [-0.2, 0) is 0 Å². The maximum Gasteiger partial charge on any atom is 0.0960 e. The van der Waals surface area contributed by atoms with Crippen molar-refractivity contribution in [2.75, 3.05) is 18.8 Å². The van der Waals surface area contributed by atoms with Crippen molar-refractivity contribution >= 4 is 27.7 Å². The average molecular weight is 287 g/mol. The van der Waals surface area contributed by atoms with Gasteiger partial charge in [-0.15, -0.1) is 11.8 Å². The largest absolute Gasteiger partial charge is 0.316 e. The van der Waals surface area contributed by atoms with Crippen LogP contribution in [0.1, 0.15) is 12.8 Å². The van der Waals surface area contributed by atoms with Gasteiger partial charge in [-0.25, -0.2) is 4.98 Å². The third kappa shape index (κ3) is 3.78. The van der Waals surface area contributed by atoms with E-state index in [1.54, 1.807) is 0 Å². The normalized spacial score (nSPS) is 21.5. The Labute approximate surface area is 103 Å². The minimum atomic E-state index is 0.814. The Bertz CT molecular complexity index is 296. The van der Waals surface area contributed by atoms with Crippen molar-refractivity contribution in [2.45, 2.75) is 17.9 Å². The van der Waals surface area contributed by atoms with Gasteiger partial charge in [0.1, 0.15) is 0 Å². The quantitative estimate of drug-likeness (QED) is 0.865. The highest BCUT2D eigenvalue weighted by Crippen LogP contribution is 2.22. The summed E-state index contributed by atoms with van der Waals surface area (Å²) >= 11 is 5.26. The van der Waals surface area contributed by atoms with Crippen LogP contribution in [0.2, 0.25) is 0 Å². The van der Waals surface area contributed by atoms with Gasteiger partial charge in [0.2, 0.25) is 0 Å². The Kier molecular flexibility index (Phi) is 4.47. The van der Waals surface area contributed by atoms with Crippen LogP contribution in [0.15, 0.2) is 27.8 Å². The summed E-state index contributed by atoms with van der Waals surface area (Å²) in [5.41, 5.74) is 0. The summed E-state index contributed by atoms with van der Waals surface area (Å²) in [6, 6.07) is 4.12. The highest BCUT2D eigenvalue weighted by molar-refractivity contribution is 9.10. The zero-order valence-electron chi connectivity index (χ0n) is 8.58. The van der Waals surface area contributed by atoms with Gasteiger partial charge in [0, 0.05) is 16.4 Å². The van der Waals surface area contributed by atoms with E-state index < -0.39 is 0 Å². The molecule has 2 heterocycles. The SMILES string of the molecule is Brc1ccc(SCC2CCCNC2)nc1. The lowest BCUT2D eigenvalue weighted by Gasteiger charge is -2.21. The fourth-order valence-electron chi connectivity index (χ4n) is 1.72. The van der Waals surface area contributed by atoms with Crippen molar-refractivity contribution in [3.63, 3.8) is 0 Å². The molecule has 2 rings (SSSR count). The third-order valence-electron chi connectivity index (χ3n) is 2.57. The second-order valence-corrected chi connectivity index (χ2v) is 5.79. The van der Waals surface area contributed by atoms with Crippen molar-refractivity contribution < 1.29 is 0 Å². The molecule has 82 valence electrons. The topological polar surface area (TPSA) is 24.9 Å². The summed E-state index contributed by atoms with van der Waals surface area (Å²) in [6.45, 7) is 2.36. The number of pyridine rings is 1. The van der Waals surface area contributed by atoms with Crippen LogP contribution in [0.4, 0.5) is 0 Å². The molecule has 0 spiro atoms. The van der Waals surface area contributed by atoms with E-state index in [2.05, 4.69) is 38.4 Å². The highest BCUT2D eigenvalue weighted by Gasteiger charge is 2.13. The van der Waals surface area contributed by atoms with E-state index in [4.69, 9.17) is 0 Å². The summed E-state index contributed by atoms with van der Waals surface area (Å²) in [5.74, 6) is 2.00. The molecule has 1 aromatic rings. The van der Waals surface area contributed by atoms with Gasteiger partial charge in [0.15, 0.2) is 0 Å². The molecule has 0 aromatic carbocycles. The predicted molar refractivity (Wildman–Crippen MR) is 68.3 cm³/mol. The first kappa shape index (κ1) is 11.4. The minimum absolute atomic E-state index is 0.814. The number of thioether (sulfide) groups is 1. The molecule has 1 atom stereocenters. The van der Waals surface area contributed by atoms with Crippen LogP contribution in [0.5, 0.6) is 0 Å². The molecular weight excluding hydrogens is 272 g/mol. The molecular formula is C11H15BrN2S. The molecule has 0 aliphatic carbocycles. The van der Waals surface area contributed by atoms with Crippen LogP contribution in [0.25, 0.3) is 0 Å². The minimum Gasteiger partial charge on any atom is -0.316 e. The highest BCUT2D eigenvalue weighted by atomic mass is 79.9. The molecule has 4 heteroatoms.